The van der Waals surface area contributed by atoms with Crippen molar-refractivity contribution in [2.75, 3.05) is 0 Å². The minimum atomic E-state index is -3.66. The number of carbonyl (C=O) groups is 1. The minimum absolute atomic E-state index is 0.00967. The third kappa shape index (κ3) is 3.02. The Morgan fingerprint density at radius 1 is 1.40 bits per heavy atom. The highest BCUT2D eigenvalue weighted by Gasteiger charge is 2.30. The smallest absolute Gasteiger partial charge is 0.335 e. The summed E-state index contributed by atoms with van der Waals surface area (Å²) in [5, 5.41) is 9.00. The molecule has 1 aliphatic rings. The van der Waals surface area contributed by atoms with Crippen molar-refractivity contribution in [1.29, 1.82) is 0 Å². The number of hydrogen-bond donors (Lipinski definition) is 2. The first-order valence-corrected chi connectivity index (χ1v) is 8.20. The maximum atomic E-state index is 12.4. The molecule has 0 atom stereocenters. The Bertz CT molecular complexity index is 618. The minimum Gasteiger partial charge on any atom is -0.478 e. The van der Waals surface area contributed by atoms with E-state index in [0.717, 1.165) is 12.8 Å². The molecule has 1 saturated carbocycles. The van der Waals surface area contributed by atoms with Gasteiger partial charge in [-0.25, -0.2) is 17.9 Å². The van der Waals surface area contributed by atoms with Crippen LogP contribution in [0, 0.1) is 5.92 Å². The van der Waals surface area contributed by atoms with Crippen molar-refractivity contribution in [3.63, 3.8) is 0 Å². The van der Waals surface area contributed by atoms with Crippen LogP contribution < -0.4 is 4.72 Å². The van der Waals surface area contributed by atoms with Gasteiger partial charge in [0, 0.05) is 6.04 Å². The lowest BCUT2D eigenvalue weighted by molar-refractivity contribution is 0.0696. The average molecular weight is 297 g/mol. The maximum Gasteiger partial charge on any atom is 0.335 e. The summed E-state index contributed by atoms with van der Waals surface area (Å²) in [4.78, 5) is 11.1. The second kappa shape index (κ2) is 5.54. The molecule has 5 nitrogen and oxygen atoms in total. The van der Waals surface area contributed by atoms with Crippen LogP contribution in [0.2, 0.25) is 0 Å². The van der Waals surface area contributed by atoms with Crippen molar-refractivity contribution in [2.45, 2.75) is 44.0 Å². The highest BCUT2D eigenvalue weighted by atomic mass is 32.2. The van der Waals surface area contributed by atoms with Gasteiger partial charge in [-0.05, 0) is 42.9 Å². The largest absolute Gasteiger partial charge is 0.478 e. The standard InChI is InChI=1S/C14H19NO4S/c1-3-10-4-5-11(14(16)17)8-13(10)20(18,19)15-12-6-9(2)7-12/h4-5,8-9,12,15H,3,6-7H2,1-2H3,(H,16,17). The number of aromatic carboxylic acids is 1. The first-order valence-electron chi connectivity index (χ1n) is 6.72. The summed E-state index contributed by atoms with van der Waals surface area (Å²) in [6.45, 7) is 3.92. The van der Waals surface area contributed by atoms with Crippen molar-refractivity contribution in [3.8, 4) is 0 Å². The van der Waals surface area contributed by atoms with Gasteiger partial charge in [0.2, 0.25) is 10.0 Å². The highest BCUT2D eigenvalue weighted by molar-refractivity contribution is 7.89. The molecule has 0 bridgehead atoms. The molecular formula is C14H19NO4S. The van der Waals surface area contributed by atoms with E-state index in [1.807, 2.05) is 6.92 Å². The first kappa shape index (κ1) is 15.0. The van der Waals surface area contributed by atoms with Crippen molar-refractivity contribution < 1.29 is 18.3 Å². The van der Waals surface area contributed by atoms with E-state index in [0.29, 0.717) is 17.9 Å². The lowest BCUT2D eigenvalue weighted by Gasteiger charge is -2.33. The van der Waals surface area contributed by atoms with Gasteiger partial charge in [0.05, 0.1) is 10.5 Å². The fraction of sp³-hybridized carbons (Fsp3) is 0.500. The Balaban J connectivity index is 2.33. The molecule has 0 aromatic heterocycles. The summed E-state index contributed by atoms with van der Waals surface area (Å²) >= 11 is 0. The first-order chi connectivity index (χ1) is 9.33. The van der Waals surface area contributed by atoms with Crippen LogP contribution in [0.25, 0.3) is 0 Å². The van der Waals surface area contributed by atoms with E-state index in [2.05, 4.69) is 11.6 Å². The number of carboxylic acid groups (broad SMARTS) is 1. The van der Waals surface area contributed by atoms with Gasteiger partial charge in [0.1, 0.15) is 0 Å². The van der Waals surface area contributed by atoms with E-state index in [-0.39, 0.29) is 16.5 Å². The molecule has 1 aliphatic carbocycles. The molecule has 2 N–H and O–H groups in total. The van der Waals surface area contributed by atoms with E-state index in [1.165, 1.54) is 12.1 Å². The number of benzene rings is 1. The highest BCUT2D eigenvalue weighted by Crippen LogP contribution is 2.28. The van der Waals surface area contributed by atoms with Crippen LogP contribution in [0.1, 0.15) is 42.6 Å². The van der Waals surface area contributed by atoms with E-state index in [9.17, 15) is 13.2 Å². The van der Waals surface area contributed by atoms with Gasteiger partial charge in [0.15, 0.2) is 0 Å². The molecule has 2 rings (SSSR count). The molecule has 6 heteroatoms. The number of carboxylic acids is 1. The third-order valence-electron chi connectivity index (χ3n) is 3.68. The Morgan fingerprint density at radius 2 is 2.05 bits per heavy atom. The summed E-state index contributed by atoms with van der Waals surface area (Å²) in [7, 11) is -3.66. The molecule has 1 fully saturated rings. The Labute approximate surface area is 119 Å². The SMILES string of the molecule is CCc1ccc(C(=O)O)cc1S(=O)(=O)NC1CC(C)C1. The Kier molecular flexibility index (Phi) is 4.15. The van der Waals surface area contributed by atoms with E-state index in [4.69, 9.17) is 5.11 Å². The normalized spacial score (nSPS) is 22.3. The summed E-state index contributed by atoms with van der Waals surface area (Å²) in [6, 6.07) is 4.21. The molecule has 1 aromatic carbocycles. The van der Waals surface area contributed by atoms with Gasteiger partial charge in [-0.3, -0.25) is 0 Å². The van der Waals surface area contributed by atoms with Gasteiger partial charge < -0.3 is 5.11 Å². The fourth-order valence-electron chi connectivity index (χ4n) is 2.51. The monoisotopic (exact) mass is 297 g/mol. The second-order valence-corrected chi connectivity index (χ2v) is 7.06. The second-order valence-electron chi connectivity index (χ2n) is 5.38. The molecule has 0 unspecified atom stereocenters. The van der Waals surface area contributed by atoms with Gasteiger partial charge >= 0.3 is 5.97 Å². The Morgan fingerprint density at radius 3 is 2.55 bits per heavy atom. The molecule has 0 aliphatic heterocycles. The summed E-state index contributed by atoms with van der Waals surface area (Å²) < 4.78 is 27.4. The van der Waals surface area contributed by atoms with E-state index >= 15 is 0 Å². The van der Waals surface area contributed by atoms with Crippen molar-refractivity contribution in [1.82, 2.24) is 4.72 Å². The molecule has 0 spiro atoms. The lowest BCUT2D eigenvalue weighted by Crippen LogP contribution is -2.43. The predicted octanol–water partition coefficient (Wildman–Crippen LogP) is 2.02. The van der Waals surface area contributed by atoms with Crippen LogP contribution in [-0.4, -0.2) is 25.5 Å². The van der Waals surface area contributed by atoms with Crippen LogP contribution in [0.5, 0.6) is 0 Å². The predicted molar refractivity (Wildman–Crippen MR) is 75.3 cm³/mol. The van der Waals surface area contributed by atoms with Crippen molar-refractivity contribution in [3.05, 3.63) is 29.3 Å². The quantitative estimate of drug-likeness (QED) is 0.871. The van der Waals surface area contributed by atoms with Crippen LogP contribution in [0.4, 0.5) is 0 Å². The van der Waals surface area contributed by atoms with Crippen LogP contribution in [0.3, 0.4) is 0 Å². The van der Waals surface area contributed by atoms with Crippen LogP contribution in [-0.2, 0) is 16.4 Å². The molecule has 0 radical (unpaired) electrons. The fourth-order valence-corrected chi connectivity index (χ4v) is 4.11. The number of aryl methyl sites for hydroxylation is 1. The molecule has 20 heavy (non-hydrogen) atoms. The number of sulfonamides is 1. The van der Waals surface area contributed by atoms with E-state index < -0.39 is 16.0 Å². The number of rotatable bonds is 5. The third-order valence-corrected chi connectivity index (χ3v) is 5.28. The molecule has 1 aromatic rings. The lowest BCUT2D eigenvalue weighted by atomic mass is 9.83. The average Bonchev–Trinajstić information content (AvgIpc) is 2.35. The van der Waals surface area contributed by atoms with Crippen LogP contribution >= 0.6 is 0 Å². The van der Waals surface area contributed by atoms with E-state index in [1.54, 1.807) is 6.07 Å². The van der Waals surface area contributed by atoms with Gasteiger partial charge in [-0.1, -0.05) is 19.9 Å². The molecule has 110 valence electrons. The zero-order valence-electron chi connectivity index (χ0n) is 11.6. The Hall–Kier alpha value is -1.40. The summed E-state index contributed by atoms with van der Waals surface area (Å²) in [5.41, 5.74) is 0.624. The topological polar surface area (TPSA) is 83.5 Å². The van der Waals surface area contributed by atoms with Gasteiger partial charge in [-0.15, -0.1) is 0 Å². The van der Waals surface area contributed by atoms with Crippen LogP contribution in [0.15, 0.2) is 23.1 Å². The zero-order chi connectivity index (χ0) is 14.9. The number of hydrogen-bond acceptors (Lipinski definition) is 3. The van der Waals surface area contributed by atoms with Crippen molar-refractivity contribution in [2.24, 2.45) is 5.92 Å². The molecule has 0 amide bonds. The maximum absolute atomic E-state index is 12.4. The van der Waals surface area contributed by atoms with Gasteiger partial charge in [-0.2, -0.15) is 0 Å². The molecule has 0 heterocycles. The zero-order valence-corrected chi connectivity index (χ0v) is 12.4. The van der Waals surface area contributed by atoms with Gasteiger partial charge in [0.25, 0.3) is 0 Å². The molecule has 0 saturated heterocycles. The van der Waals surface area contributed by atoms with Crippen molar-refractivity contribution >= 4 is 16.0 Å². The molecular weight excluding hydrogens is 278 g/mol. The summed E-state index contributed by atoms with van der Waals surface area (Å²) in [5.74, 6) is -0.583. The number of nitrogens with one attached hydrogen (secondary N) is 1. The summed E-state index contributed by atoms with van der Waals surface area (Å²) in [6.07, 6.45) is 2.20.